The van der Waals surface area contributed by atoms with Crippen molar-refractivity contribution in [1.29, 1.82) is 0 Å². The van der Waals surface area contributed by atoms with Crippen molar-refractivity contribution in [2.45, 2.75) is 76.1 Å². The van der Waals surface area contributed by atoms with Crippen molar-refractivity contribution in [3.63, 3.8) is 0 Å². The molecule has 0 bridgehead atoms. The highest BCUT2D eigenvalue weighted by molar-refractivity contribution is 5.99. The summed E-state index contributed by atoms with van der Waals surface area (Å²) in [5.74, 6) is -6.67. The smallest absolute Gasteiger partial charge is 0.296 e. The van der Waals surface area contributed by atoms with Gasteiger partial charge >= 0.3 is 0 Å². The van der Waals surface area contributed by atoms with Gasteiger partial charge in [-0.05, 0) is 143 Å². The third-order valence-electron chi connectivity index (χ3n) is 19.7. The van der Waals surface area contributed by atoms with Gasteiger partial charge in [-0.2, -0.15) is 15.3 Å². The van der Waals surface area contributed by atoms with Crippen molar-refractivity contribution in [1.82, 2.24) is 88.4 Å². The molecule has 3 saturated heterocycles. The van der Waals surface area contributed by atoms with Gasteiger partial charge in [0, 0.05) is 125 Å². The van der Waals surface area contributed by atoms with Crippen LogP contribution >= 0.6 is 0 Å². The molecular weight excluding hydrogens is 1560 g/mol. The molecule has 0 spiro atoms. The number of benzene rings is 6. The molecule has 9 aromatic heterocycles. The fraction of sp³-hybridized carbons (Fsp3) is 0.286. The minimum Gasteiger partial charge on any atom is -0.497 e. The predicted molar refractivity (Wildman–Crippen MR) is 435 cm³/mol. The number of rotatable bonds is 21. The number of aryl methyl sites for hydroxylation is 3. The quantitative estimate of drug-likeness (QED) is 0.0563. The Kier molecular flexibility index (Phi) is 18.9. The van der Waals surface area contributed by atoms with Crippen LogP contribution in [0.5, 0.6) is 69.0 Å². The molecule has 3 aliphatic heterocycles. The molecule has 36 heteroatoms. The summed E-state index contributed by atoms with van der Waals surface area (Å²) in [6, 6.07) is 35.5. The summed E-state index contributed by atoms with van der Waals surface area (Å²) < 4.78 is 233. The van der Waals surface area contributed by atoms with Gasteiger partial charge in [0.25, 0.3) is 17.8 Å². The van der Waals surface area contributed by atoms with E-state index in [2.05, 4.69) is 76.1 Å². The maximum atomic E-state index is 15.3. The Bertz CT molecular complexity index is 6770. The molecule has 3 N–H and O–H groups in total. The Balaban J connectivity index is 0.000000144. The van der Waals surface area contributed by atoms with Gasteiger partial charge in [-0.25, -0.2) is 84.7 Å². The second-order valence-corrected chi connectivity index (χ2v) is 28.2. The van der Waals surface area contributed by atoms with Gasteiger partial charge in [0.15, 0.2) is 46.7 Å². The van der Waals surface area contributed by atoms with Gasteiger partial charge in [0.2, 0.25) is 0 Å². The summed E-state index contributed by atoms with van der Waals surface area (Å²) in [4.78, 5) is 41.2. The summed E-state index contributed by atoms with van der Waals surface area (Å²) in [7, 11) is 1.52. The van der Waals surface area contributed by atoms with Crippen LogP contribution < -0.4 is 58.6 Å². The molecule has 0 aliphatic carbocycles. The third kappa shape index (κ3) is 17.6. The zero-order chi connectivity index (χ0) is 92.9. The normalized spacial score (nSPS) is 20.1. The second kappa shape index (κ2) is 33.7. The number of nitrogens with zero attached hydrogens (tertiary/aromatic N) is 18. The van der Waals surface area contributed by atoms with Gasteiger partial charge in [0.05, 0.1) is 80.5 Å². The van der Waals surface area contributed by atoms with Crippen LogP contribution in [-0.2, 0) is 0 Å². The molecule has 15 aromatic rings. The van der Waals surface area contributed by atoms with Crippen LogP contribution in [0.25, 0.3) is 49.7 Å². The molecule has 12 heterocycles. The summed E-state index contributed by atoms with van der Waals surface area (Å²) >= 11 is 0. The van der Waals surface area contributed by atoms with Crippen LogP contribution in [0.3, 0.4) is 0 Å². The number of methoxy groups -OCH3 is 3. The molecule has 3 unspecified atom stereocenters. The van der Waals surface area contributed by atoms with Gasteiger partial charge in [-0.15, -0.1) is 0 Å². The first-order chi connectivity index (χ1) is 62.1. The Morgan fingerprint density at radius 3 is 1.20 bits per heavy atom. The topological polar surface area (TPSA) is 297 Å². The van der Waals surface area contributed by atoms with Gasteiger partial charge in [0.1, 0.15) is 113 Å². The standard InChI is InChI=1S/3C28H27F2N7O3/c1-17-12-18(4-6-21(17)39-19-8-11-37-24(13-19)32-16-34-37)35-27-25-20(31-15-33-27)5-7-22(38-3)26(25)40-23-9-10-36(2)14-28(23,29)30;2*1-17-10-18(4-5-22(17)39-19-6-9-37-25(13-19)32-16-34-37)35-27-26-21(31-15-33-27)11-20(38-3)12-23(26)40-24-7-8-36(2)14-28(24,29)30/h4-8,11-13,15-16,23H,9-10,14H2,1-3H3,(H,31,33,35);2*4-6,9-13,15-16,24H,7-8,14H2,1-3H3,(H,31,33,35)/i2D3,3D3;2D3,24D;24D. The van der Waals surface area contributed by atoms with Gasteiger partial charge in [-0.1, -0.05) is 0 Å². The molecule has 0 radical (unpaired) electrons. The summed E-state index contributed by atoms with van der Waals surface area (Å²) in [5, 5.41) is 22.5. The number of nitrogens with one attached hydrogen (secondary N) is 3. The highest BCUT2D eigenvalue weighted by Crippen LogP contribution is 2.46. The molecule has 6 aromatic carbocycles. The first kappa shape index (κ1) is 67.3. The van der Waals surface area contributed by atoms with E-state index in [0.717, 1.165) is 16.7 Å². The molecule has 18 rings (SSSR count). The number of ether oxygens (including phenoxy) is 9. The van der Waals surface area contributed by atoms with Crippen LogP contribution in [0, 0.1) is 20.8 Å². The van der Waals surface area contributed by atoms with Crippen molar-refractivity contribution >= 4 is 84.2 Å². The van der Waals surface area contributed by atoms with E-state index in [1.54, 1.807) is 118 Å². The number of fused-ring (bicyclic) bond motifs is 6. The number of likely N-dealkylation sites (tertiary alicyclic amines) is 3. The number of hydrogen-bond acceptors (Lipinski definition) is 27. The highest BCUT2D eigenvalue weighted by atomic mass is 19.3. The zero-order valence-electron chi connectivity index (χ0n) is 75.8. The minimum absolute atomic E-state index is 0.0298. The molecule has 3 atom stereocenters. The SMILES string of the molecule is [2H]C([2H])([2H])N1CCC([2H])(Oc2cc(OC)cc3ncnc(Nc4ccc(Oc5ccn6ncnc6c5)c(C)c4)c23)C(F)(F)C1.[2H]C([2H])([2H])Oc1ccc2ncnc(Nc3ccc(Oc4ccn5ncnc5c4)c(C)c3)c2c1OC1CCN(C([2H])([2H])[2H])CC1(F)F.[2H]C1(Oc2cc(OC)cc3ncnc(Nc4ccc(Oc5ccn6ncnc6c5)c(C)c4)c23)CCN(C)CC1(F)F. The van der Waals surface area contributed by atoms with Crippen LogP contribution in [-0.4, -0.2) is 206 Å². The Hall–Kier alpha value is -13.7. The fourth-order valence-electron chi connectivity index (χ4n) is 13.7. The number of pyridine rings is 3. The second-order valence-electron chi connectivity index (χ2n) is 28.2. The molecule has 3 aliphatic rings. The summed E-state index contributed by atoms with van der Waals surface area (Å²) in [6.07, 6.45) is 5.39. The van der Waals surface area contributed by atoms with E-state index >= 15 is 26.3 Å². The Morgan fingerprint density at radius 2 is 0.792 bits per heavy atom. The maximum absolute atomic E-state index is 15.3. The Labute approximate surface area is 697 Å². The molecule has 30 nitrogen and oxygen atoms in total. The monoisotopic (exact) mass is 1650 g/mol. The number of anilines is 6. The van der Waals surface area contributed by atoms with E-state index in [0.29, 0.717) is 113 Å². The number of hydrogen-bond donors (Lipinski definition) is 3. The minimum atomic E-state index is -3.82. The van der Waals surface area contributed by atoms with E-state index < -0.39 is 83.1 Å². The largest absolute Gasteiger partial charge is 0.497 e. The van der Waals surface area contributed by atoms with Crippen molar-refractivity contribution in [2.24, 2.45) is 0 Å². The first-order valence-electron chi connectivity index (χ1n) is 42.7. The molecule has 618 valence electrons. The number of halogens is 6. The number of piperidine rings is 3. The average molecular weight is 1650 g/mol. The lowest BCUT2D eigenvalue weighted by molar-refractivity contribution is -0.135. The zero-order valence-corrected chi connectivity index (χ0v) is 64.8. The lowest BCUT2D eigenvalue weighted by atomic mass is 10.0. The lowest BCUT2D eigenvalue weighted by Crippen LogP contribution is -2.52. The van der Waals surface area contributed by atoms with E-state index in [4.69, 9.17) is 57.7 Å². The van der Waals surface area contributed by atoms with Crippen molar-refractivity contribution < 1.29 is 84.1 Å². The van der Waals surface area contributed by atoms with Crippen LogP contribution in [0.2, 0.25) is 0 Å². The molecule has 0 amide bonds. The van der Waals surface area contributed by atoms with Gasteiger partial charge < -0.3 is 73.3 Å². The van der Waals surface area contributed by atoms with E-state index in [-0.39, 0.29) is 82.6 Å². The molecule has 3 fully saturated rings. The number of alkyl halides is 6. The van der Waals surface area contributed by atoms with Crippen molar-refractivity contribution in [3.05, 3.63) is 201 Å². The van der Waals surface area contributed by atoms with Crippen molar-refractivity contribution in [3.8, 4) is 69.0 Å². The van der Waals surface area contributed by atoms with Gasteiger partial charge in [-0.3, -0.25) is 0 Å². The van der Waals surface area contributed by atoms with Crippen LogP contribution in [0.15, 0.2) is 184 Å². The van der Waals surface area contributed by atoms with Crippen LogP contribution in [0.4, 0.5) is 60.9 Å². The van der Waals surface area contributed by atoms with E-state index in [1.807, 2.05) is 45.0 Å². The first-order valence-corrected chi connectivity index (χ1v) is 37.2. The van der Waals surface area contributed by atoms with E-state index in [1.165, 1.54) is 81.3 Å². The number of aromatic nitrogens is 15. The van der Waals surface area contributed by atoms with Crippen molar-refractivity contribution in [2.75, 3.05) is 97.5 Å². The third-order valence-corrected chi connectivity index (χ3v) is 19.7. The fourth-order valence-corrected chi connectivity index (χ4v) is 13.7. The summed E-state index contributed by atoms with van der Waals surface area (Å²) in [6.45, 7) is -2.82. The molecular formula is C84H81F6N21O9. The Morgan fingerprint density at radius 1 is 0.392 bits per heavy atom. The summed E-state index contributed by atoms with van der Waals surface area (Å²) in [5.41, 5.74) is 7.12. The van der Waals surface area contributed by atoms with E-state index in [9.17, 15) is 0 Å². The predicted octanol–water partition coefficient (Wildman–Crippen LogP) is 15.7. The average Bonchev–Trinajstić information content (AvgIpc) is 0.944. The lowest BCUT2D eigenvalue weighted by Gasteiger charge is -2.36. The maximum Gasteiger partial charge on any atom is 0.296 e. The van der Waals surface area contributed by atoms with Crippen LogP contribution in [0.1, 0.15) is 51.0 Å². The molecule has 120 heavy (non-hydrogen) atoms. The molecule has 0 saturated carbocycles. The highest BCUT2D eigenvalue weighted by Gasteiger charge is 2.48.